The van der Waals surface area contributed by atoms with E-state index < -0.39 is 0 Å². The second kappa shape index (κ2) is 6.00. The summed E-state index contributed by atoms with van der Waals surface area (Å²) in [5.74, 6) is 1.09. The van der Waals surface area contributed by atoms with Crippen molar-refractivity contribution in [3.05, 3.63) is 29.3 Å². The van der Waals surface area contributed by atoms with Gasteiger partial charge in [0, 0.05) is 17.9 Å². The molecule has 0 aromatic heterocycles. The molecule has 1 saturated carbocycles. The molecule has 2 unspecified atom stereocenters. The molecule has 2 nitrogen and oxygen atoms in total. The number of ether oxygens (including phenoxy) is 1. The zero-order chi connectivity index (χ0) is 14.9. The molecule has 0 radical (unpaired) electrons. The highest BCUT2D eigenvalue weighted by atomic mass is 16.5. The summed E-state index contributed by atoms with van der Waals surface area (Å²) in [5.41, 5.74) is 3.35. The van der Waals surface area contributed by atoms with E-state index in [1.165, 1.54) is 43.2 Å². The van der Waals surface area contributed by atoms with Gasteiger partial charge >= 0.3 is 0 Å². The molecule has 1 N–H and O–H groups in total. The van der Waals surface area contributed by atoms with Crippen molar-refractivity contribution < 1.29 is 4.74 Å². The molecule has 0 amide bonds. The first kappa shape index (κ1) is 14.9. The Hall–Kier alpha value is -1.02. The van der Waals surface area contributed by atoms with Crippen LogP contribution in [0.4, 0.5) is 0 Å². The van der Waals surface area contributed by atoms with E-state index in [9.17, 15) is 0 Å². The molecule has 21 heavy (non-hydrogen) atoms. The van der Waals surface area contributed by atoms with Crippen molar-refractivity contribution in [1.82, 2.24) is 5.32 Å². The highest BCUT2D eigenvalue weighted by Gasteiger charge is 2.53. The van der Waals surface area contributed by atoms with Crippen molar-refractivity contribution >= 4 is 0 Å². The lowest BCUT2D eigenvalue weighted by molar-refractivity contribution is -0.0854. The Balaban J connectivity index is 1.72. The Kier molecular flexibility index (Phi) is 4.26. The fourth-order valence-electron chi connectivity index (χ4n) is 4.43. The third-order valence-corrected chi connectivity index (χ3v) is 5.90. The lowest BCUT2D eigenvalue weighted by Crippen LogP contribution is -2.64. The van der Waals surface area contributed by atoms with Crippen LogP contribution in [-0.2, 0) is 12.8 Å². The maximum atomic E-state index is 6.41. The monoisotopic (exact) mass is 287 g/mol. The molecule has 3 rings (SSSR count). The summed E-state index contributed by atoms with van der Waals surface area (Å²) in [6.45, 7) is 7.88. The summed E-state index contributed by atoms with van der Waals surface area (Å²) in [7, 11) is 0. The molecule has 116 valence electrons. The molecular weight excluding hydrogens is 258 g/mol. The maximum absolute atomic E-state index is 6.41. The minimum atomic E-state index is 0.315. The summed E-state index contributed by atoms with van der Waals surface area (Å²) in [5, 5.41) is 3.65. The van der Waals surface area contributed by atoms with Gasteiger partial charge in [0.15, 0.2) is 0 Å². The van der Waals surface area contributed by atoms with Gasteiger partial charge in [-0.25, -0.2) is 0 Å². The molecule has 1 aromatic carbocycles. The van der Waals surface area contributed by atoms with Crippen LogP contribution in [0, 0.1) is 5.41 Å². The van der Waals surface area contributed by atoms with Gasteiger partial charge < -0.3 is 10.1 Å². The number of fused-ring (bicyclic) bond motifs is 1. The zero-order valence-corrected chi connectivity index (χ0v) is 13.7. The van der Waals surface area contributed by atoms with Gasteiger partial charge in [-0.3, -0.25) is 0 Å². The van der Waals surface area contributed by atoms with Crippen LogP contribution in [-0.4, -0.2) is 18.7 Å². The average molecular weight is 287 g/mol. The molecular formula is C19H29NO. The maximum Gasteiger partial charge on any atom is 0.120 e. The van der Waals surface area contributed by atoms with Crippen LogP contribution < -0.4 is 10.1 Å². The predicted molar refractivity (Wildman–Crippen MR) is 88.0 cm³/mol. The smallest absolute Gasteiger partial charge is 0.120 e. The normalized spacial score (nSPS) is 26.2. The number of benzene rings is 1. The minimum absolute atomic E-state index is 0.315. The van der Waals surface area contributed by atoms with Crippen molar-refractivity contribution in [1.29, 1.82) is 0 Å². The molecule has 0 heterocycles. The van der Waals surface area contributed by atoms with Crippen LogP contribution in [0.3, 0.4) is 0 Å². The second-order valence-corrected chi connectivity index (χ2v) is 6.68. The van der Waals surface area contributed by atoms with Crippen molar-refractivity contribution in [2.24, 2.45) is 5.41 Å². The van der Waals surface area contributed by atoms with E-state index in [1.54, 1.807) is 0 Å². The first-order chi connectivity index (χ1) is 10.2. The molecule has 2 heteroatoms. The van der Waals surface area contributed by atoms with Crippen molar-refractivity contribution in [2.75, 3.05) is 6.54 Å². The van der Waals surface area contributed by atoms with Crippen LogP contribution in [0.25, 0.3) is 0 Å². The summed E-state index contributed by atoms with van der Waals surface area (Å²) >= 11 is 0. The van der Waals surface area contributed by atoms with Crippen LogP contribution >= 0.6 is 0 Å². The first-order valence-electron chi connectivity index (χ1n) is 8.75. The number of hydrogen-bond acceptors (Lipinski definition) is 2. The quantitative estimate of drug-likeness (QED) is 0.850. The van der Waals surface area contributed by atoms with E-state index >= 15 is 0 Å². The van der Waals surface area contributed by atoms with Crippen molar-refractivity contribution in [3.8, 4) is 5.75 Å². The van der Waals surface area contributed by atoms with Crippen LogP contribution in [0.15, 0.2) is 18.2 Å². The number of aryl methyl sites for hydroxylation is 2. The third kappa shape index (κ3) is 2.48. The summed E-state index contributed by atoms with van der Waals surface area (Å²) < 4.78 is 6.41. The van der Waals surface area contributed by atoms with E-state index in [2.05, 4.69) is 44.3 Å². The van der Waals surface area contributed by atoms with E-state index in [4.69, 9.17) is 4.74 Å². The molecule has 0 saturated heterocycles. The van der Waals surface area contributed by atoms with Gasteiger partial charge in [-0.1, -0.05) is 26.8 Å². The number of nitrogens with one attached hydrogen (secondary N) is 1. The second-order valence-electron chi connectivity index (χ2n) is 6.68. The van der Waals surface area contributed by atoms with E-state index in [-0.39, 0.29) is 0 Å². The Morgan fingerprint density at radius 3 is 2.62 bits per heavy atom. The molecule has 1 aromatic rings. The molecule has 1 fully saturated rings. The number of hydrogen-bond donors (Lipinski definition) is 1. The fraction of sp³-hybridized carbons (Fsp3) is 0.684. The van der Waals surface area contributed by atoms with Crippen LogP contribution in [0.1, 0.15) is 57.6 Å². The topological polar surface area (TPSA) is 21.3 Å². The first-order valence-corrected chi connectivity index (χ1v) is 8.75. The summed E-state index contributed by atoms with van der Waals surface area (Å²) in [4.78, 5) is 0. The van der Waals surface area contributed by atoms with E-state index in [0.717, 1.165) is 18.7 Å². The van der Waals surface area contributed by atoms with Crippen LogP contribution in [0.5, 0.6) is 5.75 Å². The molecule has 2 aliphatic carbocycles. The largest absolute Gasteiger partial charge is 0.490 e. The fourth-order valence-corrected chi connectivity index (χ4v) is 4.43. The van der Waals surface area contributed by atoms with Crippen molar-refractivity contribution in [3.63, 3.8) is 0 Å². The van der Waals surface area contributed by atoms with Gasteiger partial charge in [0.2, 0.25) is 0 Å². The minimum Gasteiger partial charge on any atom is -0.490 e. The molecule has 0 spiro atoms. The molecule has 0 aliphatic heterocycles. The molecule has 2 aliphatic rings. The Labute approximate surface area is 129 Å². The van der Waals surface area contributed by atoms with Gasteiger partial charge in [-0.2, -0.15) is 0 Å². The van der Waals surface area contributed by atoms with Gasteiger partial charge in [0.1, 0.15) is 11.9 Å². The Morgan fingerprint density at radius 1 is 1.14 bits per heavy atom. The van der Waals surface area contributed by atoms with E-state index in [1.807, 2.05) is 0 Å². The zero-order valence-electron chi connectivity index (χ0n) is 13.7. The standard InChI is InChI=1S/C19H29NO/c1-4-19(5-2)17(20-6-3)13-18(19)21-16-11-10-14-8-7-9-15(14)12-16/h10-12,17-18,20H,4-9,13H2,1-3H3. The van der Waals surface area contributed by atoms with Gasteiger partial charge in [-0.05, 0) is 61.9 Å². The summed E-state index contributed by atoms with van der Waals surface area (Å²) in [6.07, 6.45) is 7.67. The average Bonchev–Trinajstić information content (AvgIpc) is 2.95. The number of rotatable bonds is 6. The predicted octanol–water partition coefficient (Wildman–Crippen LogP) is 4.11. The van der Waals surface area contributed by atoms with Crippen molar-refractivity contribution in [2.45, 2.75) is 71.4 Å². The highest BCUT2D eigenvalue weighted by molar-refractivity contribution is 5.38. The Morgan fingerprint density at radius 2 is 1.90 bits per heavy atom. The van der Waals surface area contributed by atoms with E-state index in [0.29, 0.717) is 17.6 Å². The molecule has 0 bridgehead atoms. The van der Waals surface area contributed by atoms with Gasteiger partial charge in [-0.15, -0.1) is 0 Å². The summed E-state index contributed by atoms with van der Waals surface area (Å²) in [6, 6.07) is 7.37. The third-order valence-electron chi connectivity index (χ3n) is 5.90. The SMILES string of the molecule is CCNC1CC(Oc2ccc3c(c2)CCC3)C1(CC)CC. The van der Waals surface area contributed by atoms with Crippen LogP contribution in [0.2, 0.25) is 0 Å². The lowest BCUT2D eigenvalue weighted by Gasteiger charge is -2.55. The Bertz CT molecular complexity index is 492. The highest BCUT2D eigenvalue weighted by Crippen LogP contribution is 2.49. The molecule has 2 atom stereocenters. The lowest BCUT2D eigenvalue weighted by atomic mass is 9.58. The van der Waals surface area contributed by atoms with Gasteiger partial charge in [0.05, 0.1) is 0 Å². The van der Waals surface area contributed by atoms with Gasteiger partial charge in [0.25, 0.3) is 0 Å².